The van der Waals surface area contributed by atoms with Crippen molar-refractivity contribution in [2.45, 2.75) is 0 Å². The number of hydrogen-bond donors (Lipinski definition) is 0. The van der Waals surface area contributed by atoms with Crippen LogP contribution in [0.1, 0.15) is 22.6 Å². The normalized spacial score (nSPS) is 12.6. The van der Waals surface area contributed by atoms with Crippen LogP contribution in [0.25, 0.3) is 32.8 Å². The Morgan fingerprint density at radius 1 is 0.862 bits per heavy atom. The molecular formula is C22H7FN6. The number of hydrogen-bond acceptors (Lipinski definition) is 5. The summed E-state index contributed by atoms with van der Waals surface area (Å²) in [6.45, 7) is 7.32. The van der Waals surface area contributed by atoms with Crippen molar-refractivity contribution in [1.82, 2.24) is 9.97 Å². The van der Waals surface area contributed by atoms with E-state index < -0.39 is 0 Å². The third-order valence-electron chi connectivity index (χ3n) is 4.52. The van der Waals surface area contributed by atoms with Crippen molar-refractivity contribution in [2.24, 2.45) is 0 Å². The molecule has 132 valence electrons. The van der Waals surface area contributed by atoms with Gasteiger partial charge in [-0.15, -0.1) is 0 Å². The van der Waals surface area contributed by atoms with Gasteiger partial charge in [-0.1, -0.05) is 24.3 Å². The van der Waals surface area contributed by atoms with Crippen molar-refractivity contribution in [1.29, 1.82) is 15.8 Å². The molecular weight excluding hydrogens is 367 g/mol. The van der Waals surface area contributed by atoms with Crippen LogP contribution in [-0.4, -0.2) is 9.97 Å². The summed E-state index contributed by atoms with van der Waals surface area (Å²) in [6, 6.07) is 16.8. The van der Waals surface area contributed by atoms with E-state index in [0.717, 1.165) is 11.1 Å². The highest BCUT2D eigenvalue weighted by atomic mass is 19.1. The van der Waals surface area contributed by atoms with Crippen molar-refractivity contribution < 1.29 is 4.39 Å². The number of allylic oxidation sites excluding steroid dienone is 1. The maximum atomic E-state index is 13.3. The molecule has 0 N–H and O–H groups in total. The second kappa shape index (κ2) is 6.71. The Morgan fingerprint density at radius 3 is 2.07 bits per heavy atom. The molecule has 0 unspecified atom stereocenters. The lowest BCUT2D eigenvalue weighted by atomic mass is 9.98. The predicted octanol–water partition coefficient (Wildman–Crippen LogP) is 4.21. The van der Waals surface area contributed by atoms with Gasteiger partial charge in [-0.25, -0.2) is 24.5 Å². The van der Waals surface area contributed by atoms with Gasteiger partial charge in [0, 0.05) is 11.1 Å². The van der Waals surface area contributed by atoms with Gasteiger partial charge < -0.3 is 0 Å². The van der Waals surface area contributed by atoms with Crippen molar-refractivity contribution in [3.8, 4) is 40.6 Å². The van der Waals surface area contributed by atoms with Crippen LogP contribution in [0.5, 0.6) is 0 Å². The Bertz CT molecular complexity index is 1370. The van der Waals surface area contributed by atoms with E-state index in [1.165, 1.54) is 12.1 Å². The molecule has 0 atom stereocenters. The lowest BCUT2D eigenvalue weighted by Crippen LogP contribution is -2.00. The van der Waals surface area contributed by atoms with Crippen LogP contribution in [0.4, 0.5) is 4.39 Å². The van der Waals surface area contributed by atoms with Crippen molar-refractivity contribution in [2.75, 3.05) is 0 Å². The summed E-state index contributed by atoms with van der Waals surface area (Å²) < 4.78 is 13.3. The minimum atomic E-state index is -0.352. The van der Waals surface area contributed by atoms with Crippen molar-refractivity contribution in [3.05, 3.63) is 88.0 Å². The van der Waals surface area contributed by atoms with E-state index in [2.05, 4.69) is 14.8 Å². The SMILES string of the molecule is [C-]#[N+]/C(C#N)=C1\c2ccc(-c3ccc(F)cc3)cc2-c2nc(C#N)c(C#N)nc21. The Kier molecular flexibility index (Phi) is 4.06. The van der Waals surface area contributed by atoms with Gasteiger partial charge in [0.2, 0.25) is 0 Å². The average Bonchev–Trinajstić information content (AvgIpc) is 3.07. The minimum Gasteiger partial charge on any atom is -0.233 e. The molecule has 0 aliphatic heterocycles. The van der Waals surface area contributed by atoms with Gasteiger partial charge in [0.15, 0.2) is 11.4 Å². The van der Waals surface area contributed by atoms with Gasteiger partial charge in [0.1, 0.15) is 18.0 Å². The smallest absolute Gasteiger partial charge is 0.233 e. The van der Waals surface area contributed by atoms with Gasteiger partial charge in [-0.2, -0.15) is 10.5 Å². The molecule has 1 heterocycles. The maximum absolute atomic E-state index is 13.3. The molecule has 3 aromatic rings. The third kappa shape index (κ3) is 2.68. The zero-order valence-electron chi connectivity index (χ0n) is 14.6. The molecule has 0 saturated carbocycles. The molecule has 0 amide bonds. The molecule has 6 nitrogen and oxygen atoms in total. The summed E-state index contributed by atoms with van der Waals surface area (Å²) in [5.74, 6) is -0.352. The highest BCUT2D eigenvalue weighted by Crippen LogP contribution is 2.45. The van der Waals surface area contributed by atoms with E-state index in [-0.39, 0.29) is 34.2 Å². The number of fused-ring (bicyclic) bond motifs is 3. The van der Waals surface area contributed by atoms with E-state index in [0.29, 0.717) is 16.8 Å². The van der Waals surface area contributed by atoms with Crippen LogP contribution in [0.3, 0.4) is 0 Å². The van der Waals surface area contributed by atoms with Crippen LogP contribution in [0.15, 0.2) is 48.2 Å². The molecule has 4 rings (SSSR count). The topological polar surface area (TPSA) is 102 Å². The van der Waals surface area contributed by atoms with E-state index >= 15 is 0 Å². The van der Waals surface area contributed by atoms with Crippen molar-refractivity contribution >= 4 is 5.57 Å². The second-order valence-electron chi connectivity index (χ2n) is 6.06. The van der Waals surface area contributed by atoms with Gasteiger partial charge in [0.05, 0.1) is 24.0 Å². The summed E-state index contributed by atoms with van der Waals surface area (Å²) in [4.78, 5) is 11.8. The number of rotatable bonds is 1. The number of benzene rings is 2. The quantitative estimate of drug-likeness (QED) is 0.367. The first-order chi connectivity index (χ1) is 14.1. The molecule has 0 radical (unpaired) electrons. The summed E-state index contributed by atoms with van der Waals surface area (Å²) >= 11 is 0. The number of nitriles is 3. The fraction of sp³-hybridized carbons (Fsp3) is 0. The van der Waals surface area contributed by atoms with E-state index in [1.807, 2.05) is 18.2 Å². The van der Waals surface area contributed by atoms with E-state index in [1.54, 1.807) is 30.3 Å². The third-order valence-corrected chi connectivity index (χ3v) is 4.52. The molecule has 0 fully saturated rings. The van der Waals surface area contributed by atoms with Gasteiger partial charge in [0.25, 0.3) is 5.70 Å². The van der Waals surface area contributed by atoms with Crippen molar-refractivity contribution in [3.63, 3.8) is 0 Å². The highest BCUT2D eigenvalue weighted by molar-refractivity contribution is 6.02. The molecule has 1 aliphatic rings. The fourth-order valence-corrected chi connectivity index (χ4v) is 3.24. The van der Waals surface area contributed by atoms with E-state index in [4.69, 9.17) is 6.57 Å². The summed E-state index contributed by atoms with van der Waals surface area (Å²) in [6.07, 6.45) is 0. The summed E-state index contributed by atoms with van der Waals surface area (Å²) in [7, 11) is 0. The first-order valence-electron chi connectivity index (χ1n) is 8.26. The molecule has 1 aromatic heterocycles. The highest BCUT2D eigenvalue weighted by Gasteiger charge is 2.31. The summed E-state index contributed by atoms with van der Waals surface area (Å²) in [5.41, 5.74) is 3.03. The molecule has 0 spiro atoms. The first-order valence-corrected chi connectivity index (χ1v) is 8.26. The maximum Gasteiger partial charge on any atom is 0.271 e. The Balaban J connectivity index is 2.05. The monoisotopic (exact) mass is 374 g/mol. The van der Waals surface area contributed by atoms with Crippen LogP contribution in [0.2, 0.25) is 0 Å². The predicted molar refractivity (Wildman–Crippen MR) is 101 cm³/mol. The Hall–Kier alpha value is -4.85. The molecule has 29 heavy (non-hydrogen) atoms. The van der Waals surface area contributed by atoms with Crippen LogP contribution in [-0.2, 0) is 0 Å². The molecule has 0 bridgehead atoms. The first kappa shape index (κ1) is 17.6. The zero-order valence-corrected chi connectivity index (χ0v) is 14.6. The lowest BCUT2D eigenvalue weighted by molar-refractivity contribution is 0.628. The van der Waals surface area contributed by atoms with Gasteiger partial charge >= 0.3 is 0 Å². The average molecular weight is 374 g/mol. The zero-order chi connectivity index (χ0) is 20.5. The van der Waals surface area contributed by atoms with Crippen LogP contribution < -0.4 is 0 Å². The number of aromatic nitrogens is 2. The minimum absolute atomic E-state index is 0.132. The molecule has 7 heteroatoms. The molecule has 0 saturated heterocycles. The Labute approximate surface area is 164 Å². The summed E-state index contributed by atoms with van der Waals surface area (Å²) in [5, 5.41) is 28.0. The fourth-order valence-electron chi connectivity index (χ4n) is 3.24. The van der Waals surface area contributed by atoms with Gasteiger partial charge in [-0.3, -0.25) is 0 Å². The van der Waals surface area contributed by atoms with E-state index in [9.17, 15) is 20.2 Å². The number of halogens is 1. The van der Waals surface area contributed by atoms with Crippen LogP contribution >= 0.6 is 0 Å². The Morgan fingerprint density at radius 2 is 1.48 bits per heavy atom. The standard InChI is InChI=1S/C22H7FN6/c1-27-19(11-26)20-15-7-4-13(12-2-5-14(23)6-3-12)8-16(15)21-22(20)29-18(10-25)17(9-24)28-21/h2-8H/b20-19+. The second-order valence-corrected chi connectivity index (χ2v) is 6.06. The lowest BCUT2D eigenvalue weighted by Gasteiger charge is -2.06. The number of nitrogens with zero attached hydrogens (tertiary/aromatic N) is 6. The van der Waals surface area contributed by atoms with Crippen LogP contribution in [0, 0.1) is 46.4 Å². The largest absolute Gasteiger partial charge is 0.271 e. The molecule has 2 aromatic carbocycles. The molecule has 1 aliphatic carbocycles. The van der Waals surface area contributed by atoms with Gasteiger partial charge in [-0.05, 0) is 34.9 Å².